The molecule has 2 unspecified atom stereocenters. The van der Waals surface area contributed by atoms with Gasteiger partial charge in [-0.1, -0.05) is 23.7 Å². The van der Waals surface area contributed by atoms with Crippen molar-refractivity contribution in [2.75, 3.05) is 6.54 Å². The maximum Gasteiger partial charge on any atom is 0.347 e. The van der Waals surface area contributed by atoms with Crippen molar-refractivity contribution in [3.05, 3.63) is 34.9 Å². The van der Waals surface area contributed by atoms with Crippen molar-refractivity contribution in [2.45, 2.75) is 25.2 Å². The summed E-state index contributed by atoms with van der Waals surface area (Å²) in [5.74, 6) is -2.78. The molecule has 2 saturated heterocycles. The van der Waals surface area contributed by atoms with E-state index in [1.807, 2.05) is 0 Å². The zero-order valence-corrected chi connectivity index (χ0v) is 13.4. The van der Waals surface area contributed by atoms with Gasteiger partial charge in [0.05, 0.1) is 16.6 Å². The number of β-lactam (4-membered cyclic amide) rings is 1. The fourth-order valence-electron chi connectivity index (χ4n) is 3.09. The number of nitrogens with zero attached hydrogens (tertiary/aromatic N) is 2. The lowest BCUT2D eigenvalue weighted by Crippen LogP contribution is -2.71. The average Bonchev–Trinajstić information content (AvgIpc) is 2.89. The van der Waals surface area contributed by atoms with Crippen LogP contribution in [-0.2, 0) is 14.4 Å². The maximum atomic E-state index is 12.3. The first-order valence-electron chi connectivity index (χ1n) is 7.20. The SMILES string of the molecule is CC(=O)N1CC2[C@@H](NC(=O)c3ccccc3Cl)C(=O)N2C1C(=O)O. The number of halogens is 1. The van der Waals surface area contributed by atoms with Gasteiger partial charge in [-0.05, 0) is 12.1 Å². The van der Waals surface area contributed by atoms with E-state index in [9.17, 15) is 24.3 Å². The number of carbonyl (C=O) groups excluding carboxylic acids is 3. The van der Waals surface area contributed by atoms with Crippen LogP contribution in [0.2, 0.25) is 5.02 Å². The van der Waals surface area contributed by atoms with E-state index in [2.05, 4.69) is 5.32 Å². The summed E-state index contributed by atoms with van der Waals surface area (Å²) >= 11 is 5.95. The van der Waals surface area contributed by atoms with E-state index in [1.54, 1.807) is 18.2 Å². The number of carbonyl (C=O) groups is 4. The fraction of sp³-hybridized carbons (Fsp3) is 0.333. The Morgan fingerprint density at radius 1 is 1.29 bits per heavy atom. The molecular formula is C15H14ClN3O5. The third-order valence-electron chi connectivity index (χ3n) is 4.24. The minimum Gasteiger partial charge on any atom is -0.478 e. The third kappa shape index (κ3) is 2.39. The van der Waals surface area contributed by atoms with Gasteiger partial charge in [0.1, 0.15) is 6.04 Å². The zero-order chi connectivity index (χ0) is 17.6. The van der Waals surface area contributed by atoms with Crippen LogP contribution in [-0.4, -0.2) is 63.4 Å². The number of rotatable bonds is 3. The van der Waals surface area contributed by atoms with Crippen molar-refractivity contribution in [2.24, 2.45) is 0 Å². The van der Waals surface area contributed by atoms with Gasteiger partial charge in [-0.2, -0.15) is 0 Å². The van der Waals surface area contributed by atoms with Gasteiger partial charge in [-0.15, -0.1) is 0 Å². The van der Waals surface area contributed by atoms with Crippen LogP contribution in [0.25, 0.3) is 0 Å². The van der Waals surface area contributed by atoms with Crippen LogP contribution in [0.15, 0.2) is 24.3 Å². The first kappa shape index (κ1) is 16.3. The number of carboxylic acid groups (broad SMARTS) is 1. The predicted molar refractivity (Wildman–Crippen MR) is 82.2 cm³/mol. The molecule has 126 valence electrons. The van der Waals surface area contributed by atoms with Gasteiger partial charge in [0.2, 0.25) is 18.0 Å². The highest BCUT2D eigenvalue weighted by molar-refractivity contribution is 6.33. The quantitative estimate of drug-likeness (QED) is 0.741. The van der Waals surface area contributed by atoms with Crippen molar-refractivity contribution in [1.29, 1.82) is 0 Å². The Balaban J connectivity index is 1.78. The molecule has 24 heavy (non-hydrogen) atoms. The Kier molecular flexibility index (Phi) is 3.92. The van der Waals surface area contributed by atoms with Crippen LogP contribution < -0.4 is 5.32 Å². The highest BCUT2D eigenvalue weighted by Crippen LogP contribution is 2.33. The summed E-state index contributed by atoms with van der Waals surface area (Å²) in [6, 6.07) is 4.96. The molecule has 2 aliphatic heterocycles. The normalized spacial score (nSPS) is 25.1. The lowest BCUT2D eigenvalue weighted by molar-refractivity contribution is -0.164. The van der Waals surface area contributed by atoms with Crippen LogP contribution in [0.4, 0.5) is 0 Å². The van der Waals surface area contributed by atoms with Crippen LogP contribution in [0.5, 0.6) is 0 Å². The van der Waals surface area contributed by atoms with Crippen molar-refractivity contribution in [1.82, 2.24) is 15.1 Å². The summed E-state index contributed by atoms with van der Waals surface area (Å²) in [6.45, 7) is 1.30. The Labute approximate surface area is 142 Å². The van der Waals surface area contributed by atoms with Crippen molar-refractivity contribution >= 4 is 35.3 Å². The second-order valence-electron chi connectivity index (χ2n) is 5.63. The number of amides is 3. The van der Waals surface area contributed by atoms with Gasteiger partial charge < -0.3 is 20.2 Å². The molecule has 2 heterocycles. The lowest BCUT2D eigenvalue weighted by Gasteiger charge is -2.43. The summed E-state index contributed by atoms with van der Waals surface area (Å²) in [7, 11) is 0. The van der Waals surface area contributed by atoms with E-state index in [-0.39, 0.29) is 17.1 Å². The molecule has 0 bridgehead atoms. The Hall–Kier alpha value is -2.61. The van der Waals surface area contributed by atoms with Gasteiger partial charge in [0.15, 0.2) is 0 Å². The molecular weight excluding hydrogens is 338 g/mol. The summed E-state index contributed by atoms with van der Waals surface area (Å²) in [5.41, 5.74) is 0.224. The molecule has 2 N–H and O–H groups in total. The number of aliphatic carboxylic acids is 1. The molecule has 0 aromatic heterocycles. The summed E-state index contributed by atoms with van der Waals surface area (Å²) in [4.78, 5) is 49.7. The first-order chi connectivity index (χ1) is 11.3. The molecule has 0 aliphatic carbocycles. The molecule has 9 heteroatoms. The number of hydrogen-bond donors (Lipinski definition) is 2. The van der Waals surface area contributed by atoms with Gasteiger partial charge in [-0.3, -0.25) is 14.4 Å². The van der Waals surface area contributed by atoms with E-state index in [0.29, 0.717) is 0 Å². The monoisotopic (exact) mass is 351 g/mol. The fourth-order valence-corrected chi connectivity index (χ4v) is 3.31. The standard InChI is InChI=1S/C15H14ClN3O5/c1-7(20)18-6-10-11(14(22)19(10)13(18)15(23)24)17-12(21)8-4-2-3-5-9(8)16/h2-5,10-11,13H,6H2,1H3,(H,17,21)(H,23,24)/t10?,11-,13?/m1/s1. The molecule has 8 nitrogen and oxygen atoms in total. The van der Waals surface area contributed by atoms with Crippen LogP contribution in [0.1, 0.15) is 17.3 Å². The van der Waals surface area contributed by atoms with E-state index >= 15 is 0 Å². The van der Waals surface area contributed by atoms with Gasteiger partial charge in [0, 0.05) is 13.5 Å². The number of carboxylic acids is 1. The summed E-state index contributed by atoms with van der Waals surface area (Å²) in [5, 5.41) is 12.1. The van der Waals surface area contributed by atoms with Gasteiger partial charge >= 0.3 is 5.97 Å². The number of fused-ring (bicyclic) bond motifs is 1. The molecule has 3 amide bonds. The number of benzene rings is 1. The minimum atomic E-state index is -1.33. The molecule has 2 aliphatic rings. The third-order valence-corrected chi connectivity index (χ3v) is 4.57. The Morgan fingerprint density at radius 2 is 1.96 bits per heavy atom. The summed E-state index contributed by atoms with van der Waals surface area (Å²) in [6.07, 6.45) is -1.33. The molecule has 3 rings (SSSR count). The predicted octanol–water partition coefficient (Wildman–Crippen LogP) is -0.0780. The zero-order valence-electron chi connectivity index (χ0n) is 12.6. The van der Waals surface area contributed by atoms with Crippen molar-refractivity contribution in [3.8, 4) is 0 Å². The smallest absolute Gasteiger partial charge is 0.347 e. The molecule has 0 saturated carbocycles. The van der Waals surface area contributed by atoms with Crippen LogP contribution in [0, 0.1) is 0 Å². The van der Waals surface area contributed by atoms with Crippen LogP contribution >= 0.6 is 11.6 Å². The van der Waals surface area contributed by atoms with Gasteiger partial charge in [0.25, 0.3) is 5.91 Å². The Bertz CT molecular complexity index is 752. The second-order valence-corrected chi connectivity index (χ2v) is 6.03. The highest BCUT2D eigenvalue weighted by atomic mass is 35.5. The van der Waals surface area contributed by atoms with Gasteiger partial charge in [-0.25, -0.2) is 4.79 Å². The Morgan fingerprint density at radius 3 is 2.54 bits per heavy atom. The van der Waals surface area contributed by atoms with Crippen molar-refractivity contribution in [3.63, 3.8) is 0 Å². The number of nitrogens with one attached hydrogen (secondary N) is 1. The largest absolute Gasteiger partial charge is 0.478 e. The number of hydrogen-bond acceptors (Lipinski definition) is 4. The molecule has 0 radical (unpaired) electrons. The maximum absolute atomic E-state index is 12.3. The summed E-state index contributed by atoms with van der Waals surface area (Å²) < 4.78 is 0. The average molecular weight is 352 g/mol. The van der Waals surface area contributed by atoms with Crippen molar-refractivity contribution < 1.29 is 24.3 Å². The topological polar surface area (TPSA) is 107 Å². The van der Waals surface area contributed by atoms with E-state index in [0.717, 1.165) is 9.80 Å². The molecule has 1 aromatic carbocycles. The highest BCUT2D eigenvalue weighted by Gasteiger charge is 2.60. The van der Waals surface area contributed by atoms with E-state index < -0.39 is 41.9 Å². The van der Waals surface area contributed by atoms with E-state index in [1.165, 1.54) is 13.0 Å². The molecule has 0 spiro atoms. The minimum absolute atomic E-state index is 0.0610. The molecule has 3 atom stereocenters. The second kappa shape index (κ2) is 5.79. The van der Waals surface area contributed by atoms with E-state index in [4.69, 9.17) is 11.6 Å². The lowest BCUT2D eigenvalue weighted by atomic mass is 9.96. The molecule has 1 aromatic rings. The molecule has 2 fully saturated rings. The van der Waals surface area contributed by atoms with Crippen LogP contribution in [0.3, 0.4) is 0 Å². The first-order valence-corrected chi connectivity index (χ1v) is 7.58.